The molecule has 1 aliphatic rings. The Morgan fingerprint density at radius 1 is 1.03 bits per heavy atom. The van der Waals surface area contributed by atoms with E-state index < -0.39 is 5.97 Å². The van der Waals surface area contributed by atoms with Gasteiger partial charge in [-0.3, -0.25) is 0 Å². The van der Waals surface area contributed by atoms with E-state index in [9.17, 15) is 4.79 Å². The first-order chi connectivity index (χ1) is 15.2. The van der Waals surface area contributed by atoms with Crippen LogP contribution in [0.25, 0.3) is 0 Å². The summed E-state index contributed by atoms with van der Waals surface area (Å²) < 4.78 is 5.29. The number of hydrogen-bond donors (Lipinski definition) is 1. The van der Waals surface area contributed by atoms with Crippen LogP contribution in [-0.2, 0) is 16.1 Å². The third-order valence-electron chi connectivity index (χ3n) is 5.51. The Hall–Kier alpha value is -3.60. The molecule has 4 rings (SSSR count). The quantitative estimate of drug-likeness (QED) is 0.377. The standard InChI is InChI=1S/C26H25NO4/c28-25(29)18-30-23-13-14-24-19(11-12-22(24)17-23)15-16-27-31-26(20-7-3-1-4-8-20)21-9-5-2-6-10-21/h1-10,13-14,16-17,19,26H,11-12,15,18H2,(H,28,29). The average Bonchev–Trinajstić information content (AvgIpc) is 3.21. The molecule has 0 saturated heterocycles. The molecule has 1 N–H and O–H groups in total. The normalized spacial score (nSPS) is 15.2. The maximum Gasteiger partial charge on any atom is 0.341 e. The van der Waals surface area contributed by atoms with Gasteiger partial charge < -0.3 is 14.7 Å². The predicted octanol–water partition coefficient (Wildman–Crippen LogP) is 5.36. The Labute approximate surface area is 181 Å². The van der Waals surface area contributed by atoms with Crippen molar-refractivity contribution in [1.29, 1.82) is 0 Å². The lowest BCUT2D eigenvalue weighted by Gasteiger charge is -2.16. The van der Waals surface area contributed by atoms with Gasteiger partial charge in [0.25, 0.3) is 0 Å². The molecule has 5 heteroatoms. The Bertz CT molecular complexity index is 994. The third-order valence-corrected chi connectivity index (χ3v) is 5.51. The monoisotopic (exact) mass is 415 g/mol. The molecule has 31 heavy (non-hydrogen) atoms. The van der Waals surface area contributed by atoms with Crippen molar-refractivity contribution in [2.75, 3.05) is 6.61 Å². The van der Waals surface area contributed by atoms with Gasteiger partial charge in [-0.2, -0.15) is 0 Å². The van der Waals surface area contributed by atoms with Crippen LogP contribution in [0.2, 0.25) is 0 Å². The van der Waals surface area contributed by atoms with E-state index in [-0.39, 0.29) is 12.7 Å². The molecular formula is C26H25NO4. The summed E-state index contributed by atoms with van der Waals surface area (Å²) in [5, 5.41) is 13.1. The lowest BCUT2D eigenvalue weighted by atomic mass is 9.98. The van der Waals surface area contributed by atoms with Crippen molar-refractivity contribution in [3.63, 3.8) is 0 Å². The molecule has 3 aromatic rings. The van der Waals surface area contributed by atoms with Gasteiger partial charge in [0.1, 0.15) is 5.75 Å². The van der Waals surface area contributed by atoms with E-state index in [1.165, 1.54) is 11.1 Å². The summed E-state index contributed by atoms with van der Waals surface area (Å²) in [7, 11) is 0. The Kier molecular flexibility index (Phi) is 6.62. The summed E-state index contributed by atoms with van der Waals surface area (Å²) in [6, 6.07) is 26.0. The van der Waals surface area contributed by atoms with Gasteiger partial charge in [0.05, 0.1) is 0 Å². The van der Waals surface area contributed by atoms with Crippen LogP contribution in [0, 0.1) is 0 Å². The zero-order valence-corrected chi connectivity index (χ0v) is 17.2. The topological polar surface area (TPSA) is 68.1 Å². The summed E-state index contributed by atoms with van der Waals surface area (Å²) in [6.45, 7) is -0.323. The average molecular weight is 415 g/mol. The van der Waals surface area contributed by atoms with E-state index in [1.807, 2.05) is 85.1 Å². The number of carboxylic acid groups (broad SMARTS) is 1. The molecule has 0 heterocycles. The zero-order chi connectivity index (χ0) is 21.5. The second-order valence-electron chi connectivity index (χ2n) is 7.61. The molecule has 0 amide bonds. The van der Waals surface area contributed by atoms with Crippen molar-refractivity contribution in [1.82, 2.24) is 0 Å². The van der Waals surface area contributed by atoms with Gasteiger partial charge in [-0.05, 0) is 59.6 Å². The summed E-state index contributed by atoms with van der Waals surface area (Å²) in [4.78, 5) is 16.6. The SMILES string of the molecule is O=C(O)COc1ccc2c(c1)CCC2CC=NOC(c1ccccc1)c1ccccc1. The first kappa shape index (κ1) is 20.7. The zero-order valence-electron chi connectivity index (χ0n) is 17.2. The Morgan fingerprint density at radius 3 is 2.35 bits per heavy atom. The Balaban J connectivity index is 1.39. The molecule has 158 valence electrons. The van der Waals surface area contributed by atoms with Crippen molar-refractivity contribution >= 4 is 12.2 Å². The smallest absolute Gasteiger partial charge is 0.341 e. The lowest BCUT2D eigenvalue weighted by molar-refractivity contribution is -0.139. The fraction of sp³-hybridized carbons (Fsp3) is 0.231. The molecule has 1 atom stereocenters. The third kappa shape index (κ3) is 5.31. The molecule has 0 aliphatic heterocycles. The van der Waals surface area contributed by atoms with Crippen LogP contribution in [0.4, 0.5) is 0 Å². The minimum atomic E-state index is -0.973. The van der Waals surface area contributed by atoms with Crippen LogP contribution in [0.15, 0.2) is 84.0 Å². The number of hydrogen-bond acceptors (Lipinski definition) is 4. The highest BCUT2D eigenvalue weighted by atomic mass is 16.6. The van der Waals surface area contributed by atoms with Crippen LogP contribution in [0.5, 0.6) is 5.75 Å². The number of nitrogens with zero attached hydrogens (tertiary/aromatic N) is 1. The highest BCUT2D eigenvalue weighted by Crippen LogP contribution is 2.37. The van der Waals surface area contributed by atoms with Crippen LogP contribution in [0.1, 0.15) is 47.1 Å². The summed E-state index contributed by atoms with van der Waals surface area (Å²) in [5.74, 6) is 0.00837. The maximum atomic E-state index is 10.7. The molecule has 3 aromatic carbocycles. The van der Waals surface area contributed by atoms with Crippen molar-refractivity contribution in [3.8, 4) is 5.75 Å². The fourth-order valence-electron chi connectivity index (χ4n) is 4.01. The number of carboxylic acids is 1. The number of ether oxygens (including phenoxy) is 1. The number of aryl methyl sites for hydroxylation is 1. The van der Waals surface area contributed by atoms with Crippen LogP contribution in [0.3, 0.4) is 0 Å². The molecule has 1 aliphatic carbocycles. The lowest BCUT2D eigenvalue weighted by Crippen LogP contribution is -2.09. The summed E-state index contributed by atoms with van der Waals surface area (Å²) in [5.41, 5.74) is 4.61. The van der Waals surface area contributed by atoms with Gasteiger partial charge in [-0.25, -0.2) is 4.79 Å². The van der Waals surface area contributed by atoms with Crippen LogP contribution < -0.4 is 4.74 Å². The number of benzene rings is 3. The number of rotatable bonds is 9. The highest BCUT2D eigenvalue weighted by Gasteiger charge is 2.22. The van der Waals surface area contributed by atoms with Crippen molar-refractivity contribution in [3.05, 3.63) is 101 Å². The van der Waals surface area contributed by atoms with Crippen molar-refractivity contribution in [2.24, 2.45) is 5.16 Å². The molecule has 1 unspecified atom stereocenters. The number of carbonyl (C=O) groups is 1. The van der Waals surface area contributed by atoms with Crippen molar-refractivity contribution < 1.29 is 19.5 Å². The van der Waals surface area contributed by atoms with Gasteiger partial charge in [-0.15, -0.1) is 0 Å². The van der Waals surface area contributed by atoms with Crippen LogP contribution in [-0.4, -0.2) is 23.9 Å². The first-order valence-electron chi connectivity index (χ1n) is 10.5. The molecule has 5 nitrogen and oxygen atoms in total. The molecular weight excluding hydrogens is 390 g/mol. The van der Waals surface area contributed by atoms with Gasteiger partial charge in [0.15, 0.2) is 12.7 Å². The number of oxime groups is 1. The molecule has 0 aromatic heterocycles. The second kappa shape index (κ2) is 9.94. The maximum absolute atomic E-state index is 10.7. The van der Waals surface area contributed by atoms with E-state index in [2.05, 4.69) is 5.16 Å². The second-order valence-corrected chi connectivity index (χ2v) is 7.61. The summed E-state index contributed by atoms with van der Waals surface area (Å²) >= 11 is 0. The van der Waals surface area contributed by atoms with Gasteiger partial charge in [0, 0.05) is 6.21 Å². The van der Waals surface area contributed by atoms with E-state index in [0.717, 1.165) is 30.4 Å². The van der Waals surface area contributed by atoms with Crippen LogP contribution >= 0.6 is 0 Å². The fourth-order valence-corrected chi connectivity index (χ4v) is 4.01. The number of aliphatic carboxylic acids is 1. The minimum Gasteiger partial charge on any atom is -0.482 e. The highest BCUT2D eigenvalue weighted by molar-refractivity contribution is 5.68. The van der Waals surface area contributed by atoms with E-state index in [4.69, 9.17) is 14.7 Å². The first-order valence-corrected chi connectivity index (χ1v) is 10.5. The predicted molar refractivity (Wildman–Crippen MR) is 120 cm³/mol. The van der Waals surface area contributed by atoms with Crippen molar-refractivity contribution in [2.45, 2.75) is 31.3 Å². The van der Waals surface area contributed by atoms with E-state index >= 15 is 0 Å². The van der Waals surface area contributed by atoms with Gasteiger partial charge in [-0.1, -0.05) is 71.9 Å². The van der Waals surface area contributed by atoms with E-state index in [1.54, 1.807) is 0 Å². The van der Waals surface area contributed by atoms with Gasteiger partial charge in [0.2, 0.25) is 0 Å². The largest absolute Gasteiger partial charge is 0.482 e. The van der Waals surface area contributed by atoms with E-state index in [0.29, 0.717) is 11.7 Å². The van der Waals surface area contributed by atoms with Gasteiger partial charge >= 0.3 is 5.97 Å². The molecule has 0 fully saturated rings. The molecule has 0 saturated carbocycles. The minimum absolute atomic E-state index is 0.247. The Morgan fingerprint density at radius 2 is 1.71 bits per heavy atom. The number of fused-ring (bicyclic) bond motifs is 1. The molecule has 0 radical (unpaired) electrons. The summed E-state index contributed by atoms with van der Waals surface area (Å²) in [6.07, 6.45) is 4.38. The molecule has 0 spiro atoms. The molecule has 0 bridgehead atoms.